The zero-order valence-electron chi connectivity index (χ0n) is 11.9. The number of ether oxygens (including phenoxy) is 1. The van der Waals surface area contributed by atoms with E-state index in [0.717, 1.165) is 25.3 Å². The number of hydrogen-bond donors (Lipinski definition) is 2. The molecule has 0 radical (unpaired) electrons. The van der Waals surface area contributed by atoms with Gasteiger partial charge in [0.1, 0.15) is 5.82 Å². The van der Waals surface area contributed by atoms with Crippen molar-refractivity contribution in [3.63, 3.8) is 0 Å². The highest BCUT2D eigenvalue weighted by molar-refractivity contribution is 5.93. The maximum Gasteiger partial charge on any atom is 0.258 e. The van der Waals surface area contributed by atoms with Crippen LogP contribution in [0.15, 0.2) is 23.3 Å². The summed E-state index contributed by atoms with van der Waals surface area (Å²) in [7, 11) is 0. The highest BCUT2D eigenvalue weighted by atomic mass is 19.1. The van der Waals surface area contributed by atoms with Crippen molar-refractivity contribution >= 4 is 22.5 Å². The van der Waals surface area contributed by atoms with Gasteiger partial charge in [0, 0.05) is 12.7 Å². The van der Waals surface area contributed by atoms with Gasteiger partial charge in [-0.3, -0.25) is 9.59 Å². The lowest BCUT2D eigenvalue weighted by molar-refractivity contribution is -0.119. The molecule has 0 spiro atoms. The number of benzene rings is 1. The van der Waals surface area contributed by atoms with Crippen LogP contribution in [0.1, 0.15) is 25.7 Å². The van der Waals surface area contributed by atoms with Gasteiger partial charge in [-0.05, 0) is 25.3 Å². The Morgan fingerprint density at radius 1 is 1.45 bits per heavy atom. The number of carbonyl (C=O) groups is 1. The van der Waals surface area contributed by atoms with Crippen molar-refractivity contribution in [2.75, 3.05) is 11.9 Å². The van der Waals surface area contributed by atoms with Crippen LogP contribution in [0.5, 0.6) is 0 Å². The summed E-state index contributed by atoms with van der Waals surface area (Å²) in [6.45, 7) is 0.656. The predicted octanol–water partition coefficient (Wildman–Crippen LogP) is 1.96. The molecule has 1 fully saturated rings. The minimum absolute atomic E-state index is 0.0215. The van der Waals surface area contributed by atoms with E-state index >= 15 is 0 Å². The molecule has 6 nitrogen and oxygen atoms in total. The molecule has 2 heterocycles. The summed E-state index contributed by atoms with van der Waals surface area (Å²) in [4.78, 5) is 30.0. The van der Waals surface area contributed by atoms with Gasteiger partial charge in [0.2, 0.25) is 5.91 Å². The number of amides is 1. The molecule has 1 aliphatic rings. The van der Waals surface area contributed by atoms with Gasteiger partial charge < -0.3 is 15.0 Å². The van der Waals surface area contributed by atoms with Gasteiger partial charge in [0.25, 0.3) is 5.56 Å². The molecule has 1 aromatic carbocycles. The number of halogens is 1. The molecule has 2 aromatic rings. The quantitative estimate of drug-likeness (QED) is 0.908. The van der Waals surface area contributed by atoms with Crippen molar-refractivity contribution in [2.24, 2.45) is 0 Å². The second-order valence-corrected chi connectivity index (χ2v) is 5.32. The first-order valence-corrected chi connectivity index (χ1v) is 7.22. The van der Waals surface area contributed by atoms with E-state index in [4.69, 9.17) is 4.74 Å². The van der Waals surface area contributed by atoms with E-state index in [1.54, 1.807) is 0 Å². The number of fused-ring (bicyclic) bond motifs is 1. The summed E-state index contributed by atoms with van der Waals surface area (Å²) in [5.74, 6) is -0.950. The Labute approximate surface area is 125 Å². The fourth-order valence-corrected chi connectivity index (χ4v) is 2.56. The van der Waals surface area contributed by atoms with Crippen LogP contribution in [0, 0.1) is 5.82 Å². The lowest BCUT2D eigenvalue weighted by atomic mass is 10.1. The summed E-state index contributed by atoms with van der Waals surface area (Å²) in [6.07, 6.45) is 4.14. The van der Waals surface area contributed by atoms with Gasteiger partial charge in [0.05, 0.1) is 35.4 Å². The Morgan fingerprint density at radius 3 is 3.09 bits per heavy atom. The van der Waals surface area contributed by atoms with Crippen molar-refractivity contribution in [1.82, 2.24) is 9.97 Å². The molecule has 0 bridgehead atoms. The van der Waals surface area contributed by atoms with Crippen LogP contribution in [-0.4, -0.2) is 28.6 Å². The topological polar surface area (TPSA) is 84.1 Å². The highest BCUT2D eigenvalue weighted by Gasteiger charge is 2.19. The summed E-state index contributed by atoms with van der Waals surface area (Å²) >= 11 is 0. The van der Waals surface area contributed by atoms with Crippen LogP contribution < -0.4 is 10.9 Å². The number of nitrogens with one attached hydrogen (secondary N) is 2. The van der Waals surface area contributed by atoms with E-state index in [1.807, 2.05) is 0 Å². The first-order valence-electron chi connectivity index (χ1n) is 7.22. The number of anilines is 1. The van der Waals surface area contributed by atoms with E-state index in [9.17, 15) is 14.0 Å². The predicted molar refractivity (Wildman–Crippen MR) is 79.2 cm³/mol. The highest BCUT2D eigenvalue weighted by Crippen LogP contribution is 2.21. The first-order chi connectivity index (χ1) is 10.6. The molecule has 1 aliphatic heterocycles. The van der Waals surface area contributed by atoms with Crippen molar-refractivity contribution in [2.45, 2.75) is 31.8 Å². The smallest absolute Gasteiger partial charge is 0.258 e. The average Bonchev–Trinajstić information content (AvgIpc) is 2.50. The number of hydrogen-bond acceptors (Lipinski definition) is 4. The molecule has 116 valence electrons. The summed E-state index contributed by atoms with van der Waals surface area (Å²) < 4.78 is 19.5. The molecule has 1 atom stereocenters. The maximum absolute atomic E-state index is 14.0. The van der Waals surface area contributed by atoms with Crippen molar-refractivity contribution < 1.29 is 13.9 Å². The SMILES string of the molecule is O=C(C[C@@H]1CCCCO1)Nc1cc2c(=O)[nH]cnc2cc1F. The Morgan fingerprint density at radius 2 is 2.32 bits per heavy atom. The Balaban J connectivity index is 1.78. The van der Waals surface area contributed by atoms with Gasteiger partial charge in [-0.1, -0.05) is 0 Å². The summed E-state index contributed by atoms with van der Waals surface area (Å²) in [5, 5.41) is 2.73. The molecule has 0 aliphatic carbocycles. The maximum atomic E-state index is 14.0. The number of nitrogens with zero attached hydrogens (tertiary/aromatic N) is 1. The minimum Gasteiger partial charge on any atom is -0.378 e. The molecule has 1 saturated heterocycles. The molecule has 1 amide bonds. The number of aromatic nitrogens is 2. The van der Waals surface area contributed by atoms with Crippen LogP contribution in [-0.2, 0) is 9.53 Å². The van der Waals surface area contributed by atoms with Crippen LogP contribution >= 0.6 is 0 Å². The van der Waals surface area contributed by atoms with Gasteiger partial charge in [0.15, 0.2) is 0 Å². The third-order valence-corrected chi connectivity index (χ3v) is 3.69. The third kappa shape index (κ3) is 3.14. The minimum atomic E-state index is -0.622. The lowest BCUT2D eigenvalue weighted by Crippen LogP contribution is -2.26. The molecule has 3 rings (SSSR count). The molecule has 2 N–H and O–H groups in total. The molecule has 0 unspecified atom stereocenters. The second-order valence-electron chi connectivity index (χ2n) is 5.32. The number of aromatic amines is 1. The van der Waals surface area contributed by atoms with Gasteiger partial charge in [-0.15, -0.1) is 0 Å². The van der Waals surface area contributed by atoms with Crippen molar-refractivity contribution in [3.8, 4) is 0 Å². The normalized spacial score (nSPS) is 18.3. The zero-order chi connectivity index (χ0) is 15.5. The molecule has 0 saturated carbocycles. The number of carbonyl (C=O) groups excluding carboxylic acids is 1. The zero-order valence-corrected chi connectivity index (χ0v) is 11.9. The fraction of sp³-hybridized carbons (Fsp3) is 0.400. The Kier molecular flexibility index (Phi) is 4.15. The van der Waals surface area contributed by atoms with Gasteiger partial charge in [-0.25, -0.2) is 9.37 Å². The lowest BCUT2D eigenvalue weighted by Gasteiger charge is -2.22. The fourth-order valence-electron chi connectivity index (χ4n) is 2.56. The Bertz CT molecular complexity index is 753. The summed E-state index contributed by atoms with van der Waals surface area (Å²) in [5.41, 5.74) is -0.155. The average molecular weight is 305 g/mol. The number of rotatable bonds is 3. The monoisotopic (exact) mass is 305 g/mol. The Hall–Kier alpha value is -2.28. The van der Waals surface area contributed by atoms with Crippen molar-refractivity contribution in [3.05, 3.63) is 34.6 Å². The van der Waals surface area contributed by atoms with Crippen LogP contribution in [0.2, 0.25) is 0 Å². The van der Waals surface area contributed by atoms with Crippen LogP contribution in [0.3, 0.4) is 0 Å². The van der Waals surface area contributed by atoms with Crippen LogP contribution in [0.4, 0.5) is 10.1 Å². The third-order valence-electron chi connectivity index (χ3n) is 3.69. The van der Waals surface area contributed by atoms with Gasteiger partial charge in [-0.2, -0.15) is 0 Å². The van der Waals surface area contributed by atoms with Gasteiger partial charge >= 0.3 is 0 Å². The number of H-pyrrole nitrogens is 1. The molecule has 1 aromatic heterocycles. The molecule has 22 heavy (non-hydrogen) atoms. The first kappa shape index (κ1) is 14.6. The van der Waals surface area contributed by atoms with E-state index in [2.05, 4.69) is 15.3 Å². The van der Waals surface area contributed by atoms with E-state index < -0.39 is 5.82 Å². The standard InChI is InChI=1S/C15H16FN3O3/c16-11-7-12-10(15(21)18-8-17-12)6-13(11)19-14(20)5-9-3-1-2-4-22-9/h6-9H,1-5H2,(H,19,20)(H,17,18,21)/t9-/m0/s1. The largest absolute Gasteiger partial charge is 0.378 e. The second kappa shape index (κ2) is 6.23. The van der Waals surface area contributed by atoms with E-state index in [-0.39, 0.29) is 40.6 Å². The van der Waals surface area contributed by atoms with E-state index in [0.29, 0.717) is 6.61 Å². The molecule has 7 heteroatoms. The van der Waals surface area contributed by atoms with Crippen LogP contribution in [0.25, 0.3) is 10.9 Å². The molecular formula is C15H16FN3O3. The summed E-state index contributed by atoms with van der Waals surface area (Å²) in [6, 6.07) is 2.44. The van der Waals surface area contributed by atoms with E-state index in [1.165, 1.54) is 12.4 Å². The van der Waals surface area contributed by atoms with Crippen molar-refractivity contribution in [1.29, 1.82) is 0 Å². The molecular weight excluding hydrogens is 289 g/mol.